The molecule has 2 heterocycles. The Bertz CT molecular complexity index is 750. The van der Waals surface area contributed by atoms with Crippen molar-refractivity contribution in [1.29, 1.82) is 0 Å². The molecule has 2 aromatic heterocycles. The minimum Gasteiger partial charge on any atom is -0.481 e. The molecule has 2 aliphatic rings. The van der Waals surface area contributed by atoms with Crippen LogP contribution >= 0.6 is 0 Å². The lowest BCUT2D eigenvalue weighted by atomic mass is 9.75. The Morgan fingerprint density at radius 3 is 2.81 bits per heavy atom. The maximum Gasteiger partial charge on any atom is 0.228 e. The van der Waals surface area contributed by atoms with Crippen molar-refractivity contribution in [3.05, 3.63) is 42.6 Å². The van der Waals surface area contributed by atoms with Crippen molar-refractivity contribution in [1.82, 2.24) is 19.9 Å². The molecule has 0 saturated heterocycles. The van der Waals surface area contributed by atoms with E-state index in [0.29, 0.717) is 25.3 Å². The number of aliphatic hydroxyl groups excluding tert-OH is 1. The number of imidazole rings is 1. The van der Waals surface area contributed by atoms with Crippen LogP contribution in [0.2, 0.25) is 0 Å². The quantitative estimate of drug-likeness (QED) is 0.788. The summed E-state index contributed by atoms with van der Waals surface area (Å²) in [6, 6.07) is 3.61. The van der Waals surface area contributed by atoms with Gasteiger partial charge in [-0.1, -0.05) is 6.07 Å². The summed E-state index contributed by atoms with van der Waals surface area (Å²) in [7, 11) is 1.58. The van der Waals surface area contributed by atoms with Gasteiger partial charge in [0.2, 0.25) is 11.8 Å². The topological polar surface area (TPSA) is 89.3 Å². The summed E-state index contributed by atoms with van der Waals surface area (Å²) in [5, 5.41) is 13.0. The van der Waals surface area contributed by atoms with Crippen molar-refractivity contribution >= 4 is 5.91 Å². The van der Waals surface area contributed by atoms with Crippen molar-refractivity contribution in [2.75, 3.05) is 7.11 Å². The molecule has 2 N–H and O–H groups in total. The molecular formula is C19H24N4O3. The molecular weight excluding hydrogens is 332 g/mol. The Labute approximate surface area is 152 Å². The van der Waals surface area contributed by atoms with Crippen LogP contribution in [0.5, 0.6) is 5.88 Å². The smallest absolute Gasteiger partial charge is 0.228 e. The second-order valence-electron chi connectivity index (χ2n) is 7.49. The van der Waals surface area contributed by atoms with E-state index in [1.165, 1.54) is 0 Å². The number of pyridine rings is 1. The summed E-state index contributed by atoms with van der Waals surface area (Å²) in [4.78, 5) is 21.4. The average molecular weight is 356 g/mol. The number of aromatic nitrogens is 3. The SMILES string of the molecule is COc1ccc([C@@H](NC(=O)C2(Cn3ccnc3)CC2)C2CC(O)C2)cn1. The lowest BCUT2D eigenvalue weighted by Gasteiger charge is -2.38. The van der Waals surface area contributed by atoms with E-state index in [9.17, 15) is 9.90 Å². The molecule has 7 heteroatoms. The number of carbonyl (C=O) groups excluding carboxylic acids is 1. The lowest BCUT2D eigenvalue weighted by Crippen LogP contribution is -2.44. The van der Waals surface area contributed by atoms with Crippen molar-refractivity contribution in [2.45, 2.75) is 44.4 Å². The molecule has 138 valence electrons. The monoisotopic (exact) mass is 356 g/mol. The highest BCUT2D eigenvalue weighted by atomic mass is 16.5. The fraction of sp³-hybridized carbons (Fsp3) is 0.526. The molecule has 0 aliphatic heterocycles. The summed E-state index contributed by atoms with van der Waals surface area (Å²) >= 11 is 0. The van der Waals surface area contributed by atoms with Crippen LogP contribution in [0.4, 0.5) is 0 Å². The van der Waals surface area contributed by atoms with Gasteiger partial charge in [-0.2, -0.15) is 0 Å². The van der Waals surface area contributed by atoms with Crippen LogP contribution in [0.25, 0.3) is 0 Å². The van der Waals surface area contributed by atoms with Crippen molar-refractivity contribution in [3.8, 4) is 5.88 Å². The predicted octanol–water partition coefficient (Wildman–Crippen LogP) is 1.70. The third kappa shape index (κ3) is 3.31. The summed E-state index contributed by atoms with van der Waals surface area (Å²) in [6.07, 6.45) is 10.0. The van der Waals surface area contributed by atoms with Gasteiger partial charge >= 0.3 is 0 Å². The third-order valence-electron chi connectivity index (χ3n) is 5.61. The van der Waals surface area contributed by atoms with Gasteiger partial charge in [-0.05, 0) is 37.2 Å². The molecule has 2 aromatic rings. The average Bonchev–Trinajstić information content (AvgIpc) is 3.23. The zero-order valence-electron chi connectivity index (χ0n) is 14.8. The number of aliphatic hydroxyl groups is 1. The Morgan fingerprint density at radius 1 is 1.46 bits per heavy atom. The highest BCUT2D eigenvalue weighted by molar-refractivity contribution is 5.85. The molecule has 0 spiro atoms. The number of nitrogens with zero attached hydrogens (tertiary/aromatic N) is 3. The van der Waals surface area contributed by atoms with Gasteiger partial charge in [0.05, 0.1) is 31.0 Å². The Hall–Kier alpha value is -2.41. The molecule has 0 unspecified atom stereocenters. The maximum absolute atomic E-state index is 13.0. The van der Waals surface area contributed by atoms with Crippen LogP contribution in [0.15, 0.2) is 37.1 Å². The summed E-state index contributed by atoms with van der Waals surface area (Å²) in [6.45, 7) is 0.652. The number of carbonyl (C=O) groups is 1. The lowest BCUT2D eigenvalue weighted by molar-refractivity contribution is -0.128. The number of methoxy groups -OCH3 is 1. The normalized spacial score (nSPS) is 24.4. The summed E-state index contributed by atoms with van der Waals surface area (Å²) in [5.41, 5.74) is 0.607. The van der Waals surface area contributed by atoms with Gasteiger partial charge in [0.25, 0.3) is 0 Å². The predicted molar refractivity (Wildman–Crippen MR) is 94.3 cm³/mol. The minimum absolute atomic E-state index is 0.0772. The van der Waals surface area contributed by atoms with E-state index in [-0.39, 0.29) is 29.4 Å². The molecule has 1 amide bonds. The first-order valence-electron chi connectivity index (χ1n) is 9.04. The minimum atomic E-state index is -0.346. The molecule has 4 rings (SSSR count). The fourth-order valence-electron chi connectivity index (χ4n) is 3.70. The van der Waals surface area contributed by atoms with Gasteiger partial charge in [0.15, 0.2) is 0 Å². The van der Waals surface area contributed by atoms with E-state index in [2.05, 4.69) is 15.3 Å². The van der Waals surface area contributed by atoms with E-state index in [1.807, 2.05) is 22.9 Å². The third-order valence-corrected chi connectivity index (χ3v) is 5.61. The van der Waals surface area contributed by atoms with Crippen LogP contribution in [-0.2, 0) is 11.3 Å². The molecule has 26 heavy (non-hydrogen) atoms. The zero-order chi connectivity index (χ0) is 18.1. The van der Waals surface area contributed by atoms with Crippen LogP contribution in [-0.4, -0.2) is 38.8 Å². The van der Waals surface area contributed by atoms with Crippen LogP contribution in [0.3, 0.4) is 0 Å². The molecule has 0 bridgehead atoms. The summed E-state index contributed by atoms with van der Waals surface area (Å²) in [5.74, 6) is 0.854. The molecule has 0 radical (unpaired) electrons. The number of hydrogen-bond acceptors (Lipinski definition) is 5. The van der Waals surface area contributed by atoms with Crippen molar-refractivity contribution in [2.24, 2.45) is 11.3 Å². The summed E-state index contributed by atoms with van der Waals surface area (Å²) < 4.78 is 7.09. The fourth-order valence-corrected chi connectivity index (χ4v) is 3.70. The second-order valence-corrected chi connectivity index (χ2v) is 7.49. The van der Waals surface area contributed by atoms with Crippen LogP contribution in [0.1, 0.15) is 37.3 Å². The Balaban J connectivity index is 1.50. The van der Waals surface area contributed by atoms with E-state index in [0.717, 1.165) is 18.4 Å². The van der Waals surface area contributed by atoms with Gasteiger partial charge in [-0.15, -0.1) is 0 Å². The number of nitrogens with one attached hydrogen (secondary N) is 1. The van der Waals surface area contributed by atoms with Crippen LogP contribution < -0.4 is 10.1 Å². The first kappa shape index (κ1) is 17.0. The van der Waals surface area contributed by atoms with Gasteiger partial charge in [0.1, 0.15) is 0 Å². The Morgan fingerprint density at radius 2 is 2.27 bits per heavy atom. The van der Waals surface area contributed by atoms with Gasteiger partial charge in [-0.3, -0.25) is 4.79 Å². The number of rotatable bonds is 7. The Kier molecular flexibility index (Phi) is 4.40. The molecule has 2 fully saturated rings. The molecule has 1 atom stereocenters. The van der Waals surface area contributed by atoms with Crippen molar-refractivity contribution < 1.29 is 14.6 Å². The maximum atomic E-state index is 13.0. The van der Waals surface area contributed by atoms with Crippen molar-refractivity contribution in [3.63, 3.8) is 0 Å². The van der Waals surface area contributed by atoms with Gasteiger partial charge in [-0.25, -0.2) is 9.97 Å². The molecule has 0 aromatic carbocycles. The first-order valence-corrected chi connectivity index (χ1v) is 9.04. The first-order chi connectivity index (χ1) is 12.6. The highest BCUT2D eigenvalue weighted by Gasteiger charge is 2.51. The van der Waals surface area contributed by atoms with Gasteiger partial charge < -0.3 is 19.7 Å². The van der Waals surface area contributed by atoms with E-state index in [1.54, 1.807) is 25.8 Å². The highest BCUT2D eigenvalue weighted by Crippen LogP contribution is 2.48. The molecule has 7 nitrogen and oxygen atoms in total. The van der Waals surface area contributed by atoms with E-state index in [4.69, 9.17) is 4.74 Å². The largest absolute Gasteiger partial charge is 0.481 e. The second kappa shape index (κ2) is 6.72. The van der Waals surface area contributed by atoms with E-state index < -0.39 is 0 Å². The van der Waals surface area contributed by atoms with Crippen LogP contribution in [0, 0.1) is 11.3 Å². The number of hydrogen-bond donors (Lipinski definition) is 2. The van der Waals surface area contributed by atoms with E-state index >= 15 is 0 Å². The molecule has 2 aliphatic carbocycles. The van der Waals surface area contributed by atoms with Gasteiger partial charge in [0, 0.05) is 31.2 Å². The zero-order valence-corrected chi connectivity index (χ0v) is 14.8. The molecule has 2 saturated carbocycles. The number of amides is 1. The standard InChI is InChI=1S/C19H24N4O3/c1-26-16-3-2-13(10-21-16)17(14-8-15(24)9-14)22-18(25)19(4-5-19)11-23-7-6-20-12-23/h2-3,6-7,10,12,14-15,17,24H,4-5,8-9,11H2,1H3,(H,22,25)/t14?,15?,17-/m1/s1. The number of ether oxygens (including phenoxy) is 1.